The molecular weight excluding hydrogens is 318 g/mol. The van der Waals surface area contributed by atoms with Crippen LogP contribution in [0, 0.1) is 0 Å². The van der Waals surface area contributed by atoms with Crippen molar-refractivity contribution in [1.29, 1.82) is 0 Å². The van der Waals surface area contributed by atoms with Crippen LogP contribution in [-0.2, 0) is 20.5 Å². The van der Waals surface area contributed by atoms with Crippen LogP contribution in [0.4, 0.5) is 0 Å². The lowest BCUT2D eigenvalue weighted by molar-refractivity contribution is -0.140. The highest BCUT2D eigenvalue weighted by Gasteiger charge is 2.19. The van der Waals surface area contributed by atoms with Gasteiger partial charge in [-0.3, -0.25) is 0 Å². The first kappa shape index (κ1) is 16.5. The van der Waals surface area contributed by atoms with Gasteiger partial charge in [-0.25, -0.2) is 4.79 Å². The Labute approximate surface area is 144 Å². The summed E-state index contributed by atoms with van der Waals surface area (Å²) in [6.45, 7) is 1.37. The number of nitrogens with zero attached hydrogens (tertiary/aromatic N) is 1. The van der Waals surface area contributed by atoms with Crippen LogP contribution in [-0.4, -0.2) is 29.9 Å². The molecule has 0 fully saturated rings. The molecular formula is C20H20NO2S+. The molecule has 0 heterocycles. The van der Waals surface area contributed by atoms with Crippen molar-refractivity contribution in [2.75, 3.05) is 18.3 Å². The number of rotatable bonds is 4. The van der Waals surface area contributed by atoms with E-state index in [4.69, 9.17) is 4.84 Å². The van der Waals surface area contributed by atoms with E-state index in [1.165, 1.54) is 6.92 Å². The predicted molar refractivity (Wildman–Crippen MR) is 104 cm³/mol. The van der Waals surface area contributed by atoms with E-state index in [2.05, 4.69) is 48.0 Å². The summed E-state index contributed by atoms with van der Waals surface area (Å²) in [7, 11) is 0.131. The molecule has 0 amide bonds. The molecule has 0 saturated heterocycles. The second-order valence-electron chi connectivity index (χ2n) is 5.94. The number of oxime groups is 1. The molecule has 122 valence electrons. The first-order chi connectivity index (χ1) is 11.6. The third kappa shape index (κ3) is 3.44. The minimum Gasteiger partial charge on any atom is -0.318 e. The highest BCUT2D eigenvalue weighted by Crippen LogP contribution is 2.29. The van der Waals surface area contributed by atoms with Crippen molar-refractivity contribution in [2.45, 2.75) is 6.92 Å². The fraction of sp³-hybridized carbons (Fsp3) is 0.200. The average Bonchev–Trinajstić information content (AvgIpc) is 2.56. The molecule has 0 unspecified atom stereocenters. The molecule has 0 spiro atoms. The van der Waals surface area contributed by atoms with Crippen LogP contribution in [0.3, 0.4) is 0 Å². The molecule has 4 heteroatoms. The van der Waals surface area contributed by atoms with Gasteiger partial charge in [-0.1, -0.05) is 53.7 Å². The van der Waals surface area contributed by atoms with Crippen LogP contribution in [0.15, 0.2) is 59.8 Å². The van der Waals surface area contributed by atoms with Gasteiger partial charge in [0.15, 0.2) is 5.75 Å². The third-order valence-electron chi connectivity index (χ3n) is 3.77. The smallest absolute Gasteiger partial charge is 0.318 e. The molecule has 0 aliphatic rings. The minimum atomic E-state index is -0.399. The van der Waals surface area contributed by atoms with E-state index in [1.54, 1.807) is 0 Å². The second kappa shape index (κ2) is 7.05. The Balaban J connectivity index is 2.33. The first-order valence-corrected chi connectivity index (χ1v) is 9.97. The number of benzene rings is 3. The van der Waals surface area contributed by atoms with E-state index in [9.17, 15) is 4.79 Å². The monoisotopic (exact) mass is 338 g/mol. The van der Waals surface area contributed by atoms with Crippen molar-refractivity contribution in [3.8, 4) is 0 Å². The SMILES string of the molecule is CC(=O)ON=C(C[S+](C)C)c1c2ccccc2cc2ccccc12. The molecule has 0 aliphatic heterocycles. The highest BCUT2D eigenvalue weighted by molar-refractivity contribution is 7.96. The summed E-state index contributed by atoms with van der Waals surface area (Å²) in [4.78, 5) is 16.3. The van der Waals surface area contributed by atoms with Crippen LogP contribution >= 0.6 is 0 Å². The van der Waals surface area contributed by atoms with E-state index < -0.39 is 5.97 Å². The van der Waals surface area contributed by atoms with Crippen molar-refractivity contribution >= 4 is 44.1 Å². The van der Waals surface area contributed by atoms with E-state index in [0.29, 0.717) is 0 Å². The van der Waals surface area contributed by atoms with Crippen molar-refractivity contribution in [2.24, 2.45) is 5.16 Å². The van der Waals surface area contributed by atoms with Gasteiger partial charge in [-0.05, 0) is 38.5 Å². The predicted octanol–water partition coefficient (Wildman–Crippen LogP) is 4.14. The lowest BCUT2D eigenvalue weighted by Crippen LogP contribution is -2.17. The Morgan fingerprint density at radius 1 is 1.00 bits per heavy atom. The maximum atomic E-state index is 11.3. The summed E-state index contributed by atoms with van der Waals surface area (Å²) >= 11 is 0. The number of hydrogen-bond donors (Lipinski definition) is 0. The number of fused-ring (bicyclic) bond motifs is 2. The lowest BCUT2D eigenvalue weighted by atomic mass is 9.94. The highest BCUT2D eigenvalue weighted by atomic mass is 32.2. The van der Waals surface area contributed by atoms with Gasteiger partial charge in [0.2, 0.25) is 0 Å². The normalized spacial score (nSPS) is 12.1. The Kier molecular flexibility index (Phi) is 4.86. The summed E-state index contributed by atoms with van der Waals surface area (Å²) in [5.41, 5.74) is 1.89. The van der Waals surface area contributed by atoms with Gasteiger partial charge in [0.1, 0.15) is 5.71 Å². The fourth-order valence-corrected chi connectivity index (χ4v) is 3.61. The molecule has 0 aromatic heterocycles. The maximum Gasteiger partial charge on any atom is 0.331 e. The molecule has 0 radical (unpaired) electrons. The molecule has 3 nitrogen and oxygen atoms in total. The Morgan fingerprint density at radius 2 is 1.54 bits per heavy atom. The Bertz CT molecular complexity index is 877. The molecule has 3 rings (SSSR count). The van der Waals surface area contributed by atoms with Crippen LogP contribution < -0.4 is 0 Å². The van der Waals surface area contributed by atoms with Crippen LogP contribution in [0.25, 0.3) is 21.5 Å². The van der Waals surface area contributed by atoms with Gasteiger partial charge in [0, 0.05) is 12.5 Å². The van der Waals surface area contributed by atoms with E-state index in [1.807, 2.05) is 24.3 Å². The zero-order chi connectivity index (χ0) is 17.1. The van der Waals surface area contributed by atoms with Crippen molar-refractivity contribution in [1.82, 2.24) is 0 Å². The van der Waals surface area contributed by atoms with Gasteiger partial charge in [0.25, 0.3) is 0 Å². The zero-order valence-corrected chi connectivity index (χ0v) is 14.9. The zero-order valence-electron chi connectivity index (χ0n) is 14.1. The molecule has 0 saturated carbocycles. The number of carbonyl (C=O) groups is 1. The fourth-order valence-electron chi connectivity index (χ4n) is 2.86. The van der Waals surface area contributed by atoms with Crippen molar-refractivity contribution in [3.05, 3.63) is 60.2 Å². The number of hydrogen-bond acceptors (Lipinski definition) is 3. The van der Waals surface area contributed by atoms with Crippen LogP contribution in [0.1, 0.15) is 12.5 Å². The van der Waals surface area contributed by atoms with Crippen LogP contribution in [0.2, 0.25) is 0 Å². The maximum absolute atomic E-state index is 11.3. The molecule has 3 aromatic carbocycles. The third-order valence-corrected chi connectivity index (χ3v) is 4.62. The van der Waals surface area contributed by atoms with Crippen molar-refractivity contribution < 1.29 is 9.63 Å². The lowest BCUT2D eigenvalue weighted by Gasteiger charge is -2.12. The molecule has 24 heavy (non-hydrogen) atoms. The summed E-state index contributed by atoms with van der Waals surface area (Å²) in [5.74, 6) is 0.370. The van der Waals surface area contributed by atoms with E-state index in [-0.39, 0.29) is 10.9 Å². The summed E-state index contributed by atoms with van der Waals surface area (Å²) < 4.78 is 0. The van der Waals surface area contributed by atoms with Gasteiger partial charge in [-0.15, -0.1) is 0 Å². The second-order valence-corrected chi connectivity index (χ2v) is 8.20. The summed E-state index contributed by atoms with van der Waals surface area (Å²) in [6, 6.07) is 18.7. The Morgan fingerprint density at radius 3 is 2.04 bits per heavy atom. The standard InChI is InChI=1S/C20H20NO2S/c1-14(22)23-21-19(13-24(2)3)20-17-10-6-4-8-15(17)12-16-9-5-7-11-18(16)20/h4-12H,13H2,1-3H3/q+1. The van der Waals surface area contributed by atoms with Gasteiger partial charge < -0.3 is 4.84 Å². The van der Waals surface area contributed by atoms with Gasteiger partial charge in [-0.2, -0.15) is 0 Å². The van der Waals surface area contributed by atoms with Crippen molar-refractivity contribution in [3.63, 3.8) is 0 Å². The molecule has 0 atom stereocenters. The first-order valence-electron chi connectivity index (χ1n) is 7.76. The van der Waals surface area contributed by atoms with E-state index >= 15 is 0 Å². The Hall–Kier alpha value is -2.33. The number of carbonyl (C=O) groups excluding carboxylic acids is 1. The largest absolute Gasteiger partial charge is 0.331 e. The molecule has 0 N–H and O–H groups in total. The average molecular weight is 338 g/mol. The molecule has 0 aliphatic carbocycles. The van der Waals surface area contributed by atoms with Crippen LogP contribution in [0.5, 0.6) is 0 Å². The van der Waals surface area contributed by atoms with E-state index in [0.717, 1.165) is 38.6 Å². The molecule has 3 aromatic rings. The van der Waals surface area contributed by atoms with Gasteiger partial charge >= 0.3 is 5.97 Å². The topological polar surface area (TPSA) is 38.7 Å². The summed E-state index contributed by atoms with van der Waals surface area (Å²) in [5, 5.41) is 8.79. The summed E-state index contributed by atoms with van der Waals surface area (Å²) in [6.07, 6.45) is 4.33. The quantitative estimate of drug-likeness (QED) is 0.236. The van der Waals surface area contributed by atoms with Gasteiger partial charge in [0.05, 0.1) is 12.5 Å². The molecule has 0 bridgehead atoms. The minimum absolute atomic E-state index is 0.131.